The van der Waals surface area contributed by atoms with Gasteiger partial charge in [-0.05, 0) is 5.75 Å². The summed E-state index contributed by atoms with van der Waals surface area (Å²) >= 11 is 3.78. The van der Waals surface area contributed by atoms with E-state index in [4.69, 9.17) is 0 Å². The minimum atomic E-state index is -0.108. The Morgan fingerprint density at radius 2 is 2.15 bits per heavy atom. The Hall–Kier alpha value is 0.170. The summed E-state index contributed by atoms with van der Waals surface area (Å²) < 4.78 is 4.59. The Kier molecular flexibility index (Phi) is 8.87. The number of ether oxygens (including phenoxy) is 1. The smallest absolute Gasteiger partial charge is 0.306 e. The highest BCUT2D eigenvalue weighted by atomic mass is 32.2. The molecule has 0 heterocycles. The molecule has 0 fully saturated rings. The minimum absolute atomic E-state index is 0.108. The summed E-state index contributed by atoms with van der Waals surface area (Å²) in [5.41, 5.74) is 0. The molecule has 0 aromatic rings. The number of hydrogen-bond donors (Lipinski definition) is 0. The second-order valence-electron chi connectivity index (χ2n) is 2.66. The van der Waals surface area contributed by atoms with Crippen molar-refractivity contribution in [3.63, 3.8) is 0 Å². The van der Waals surface area contributed by atoms with Crippen LogP contribution in [-0.2, 0) is 9.53 Å². The van der Waals surface area contributed by atoms with E-state index < -0.39 is 0 Å². The van der Waals surface area contributed by atoms with Gasteiger partial charge in [-0.3, -0.25) is 4.79 Å². The first kappa shape index (κ1) is 13.2. The highest BCUT2D eigenvalue weighted by molar-refractivity contribution is 8.03. The predicted octanol–water partition coefficient (Wildman–Crippen LogP) is 2.42. The molecule has 0 saturated heterocycles. The summed E-state index contributed by atoms with van der Waals surface area (Å²) in [6.07, 6.45) is 0.526. The maximum Gasteiger partial charge on any atom is 0.306 e. The molecule has 4 heteroatoms. The Bertz CT molecular complexity index is 140. The molecule has 13 heavy (non-hydrogen) atoms. The number of carbonyl (C=O) groups is 1. The van der Waals surface area contributed by atoms with Crippen molar-refractivity contribution < 1.29 is 9.53 Å². The summed E-state index contributed by atoms with van der Waals surface area (Å²) in [7, 11) is 1.44. The fourth-order valence-electron chi connectivity index (χ4n) is 0.830. The SMILES string of the molecule is CCSCCSC(C)CC(=O)OC. The maximum atomic E-state index is 10.9. The molecule has 0 aromatic carbocycles. The van der Waals surface area contributed by atoms with Crippen molar-refractivity contribution in [3.8, 4) is 0 Å². The van der Waals surface area contributed by atoms with Crippen LogP contribution in [0.3, 0.4) is 0 Å². The van der Waals surface area contributed by atoms with E-state index in [1.54, 1.807) is 0 Å². The molecular formula is C9H18O2S2. The largest absolute Gasteiger partial charge is 0.469 e. The summed E-state index contributed by atoms with van der Waals surface area (Å²) in [4.78, 5) is 10.9. The van der Waals surface area contributed by atoms with Crippen LogP contribution in [0.2, 0.25) is 0 Å². The lowest BCUT2D eigenvalue weighted by atomic mass is 10.3. The van der Waals surface area contributed by atoms with Gasteiger partial charge < -0.3 is 4.74 Å². The van der Waals surface area contributed by atoms with Gasteiger partial charge in [-0.25, -0.2) is 0 Å². The van der Waals surface area contributed by atoms with Crippen molar-refractivity contribution in [3.05, 3.63) is 0 Å². The lowest BCUT2D eigenvalue weighted by molar-refractivity contribution is -0.140. The molecule has 0 aliphatic carbocycles. The molecule has 2 nitrogen and oxygen atoms in total. The molecule has 0 saturated carbocycles. The van der Waals surface area contributed by atoms with Crippen LogP contribution in [0, 0.1) is 0 Å². The highest BCUT2D eigenvalue weighted by Crippen LogP contribution is 2.16. The third kappa shape index (κ3) is 8.50. The fraction of sp³-hybridized carbons (Fsp3) is 0.889. The number of hydrogen-bond acceptors (Lipinski definition) is 4. The summed E-state index contributed by atoms with van der Waals surface area (Å²) in [6.45, 7) is 4.23. The quantitative estimate of drug-likeness (QED) is 0.488. The number of rotatable bonds is 7. The van der Waals surface area contributed by atoms with Gasteiger partial charge in [0.2, 0.25) is 0 Å². The number of methoxy groups -OCH3 is 1. The van der Waals surface area contributed by atoms with E-state index in [2.05, 4.69) is 18.6 Å². The van der Waals surface area contributed by atoms with E-state index in [-0.39, 0.29) is 5.97 Å². The van der Waals surface area contributed by atoms with Crippen LogP contribution in [0.25, 0.3) is 0 Å². The molecular weight excluding hydrogens is 204 g/mol. The van der Waals surface area contributed by atoms with Crippen molar-refractivity contribution in [1.29, 1.82) is 0 Å². The van der Waals surface area contributed by atoms with Crippen molar-refractivity contribution in [2.75, 3.05) is 24.4 Å². The standard InChI is InChI=1S/C9H18O2S2/c1-4-12-5-6-13-8(2)7-9(10)11-3/h8H,4-7H2,1-3H3. The lowest BCUT2D eigenvalue weighted by Gasteiger charge is -2.08. The van der Waals surface area contributed by atoms with E-state index in [1.807, 2.05) is 23.5 Å². The van der Waals surface area contributed by atoms with Crippen LogP contribution in [0.1, 0.15) is 20.3 Å². The molecule has 0 bridgehead atoms. The Balaban J connectivity index is 3.29. The molecule has 0 aromatic heterocycles. The third-order valence-corrected chi connectivity index (χ3v) is 3.85. The molecule has 78 valence electrons. The third-order valence-electron chi connectivity index (χ3n) is 1.52. The Morgan fingerprint density at radius 1 is 1.46 bits per heavy atom. The van der Waals surface area contributed by atoms with Gasteiger partial charge in [0.25, 0.3) is 0 Å². The van der Waals surface area contributed by atoms with Crippen molar-refractivity contribution >= 4 is 29.5 Å². The van der Waals surface area contributed by atoms with Crippen molar-refractivity contribution in [2.24, 2.45) is 0 Å². The van der Waals surface area contributed by atoms with E-state index in [1.165, 1.54) is 18.6 Å². The molecule has 0 aliphatic rings. The van der Waals surface area contributed by atoms with Crippen LogP contribution in [0.4, 0.5) is 0 Å². The van der Waals surface area contributed by atoms with Gasteiger partial charge in [0.1, 0.15) is 0 Å². The summed E-state index contributed by atoms with van der Waals surface area (Å²) in [6, 6.07) is 0. The zero-order chi connectivity index (χ0) is 10.1. The lowest BCUT2D eigenvalue weighted by Crippen LogP contribution is -2.09. The van der Waals surface area contributed by atoms with Crippen LogP contribution in [0.5, 0.6) is 0 Å². The normalized spacial score (nSPS) is 12.5. The molecule has 0 aliphatic heterocycles. The van der Waals surface area contributed by atoms with Crippen LogP contribution in [-0.4, -0.2) is 35.6 Å². The second-order valence-corrected chi connectivity index (χ2v) is 5.60. The minimum Gasteiger partial charge on any atom is -0.469 e. The van der Waals surface area contributed by atoms with E-state index in [9.17, 15) is 4.79 Å². The van der Waals surface area contributed by atoms with Gasteiger partial charge >= 0.3 is 5.97 Å². The molecule has 0 amide bonds. The summed E-state index contributed by atoms with van der Waals surface area (Å²) in [5, 5.41) is 0.380. The summed E-state index contributed by atoms with van der Waals surface area (Å²) in [5.74, 6) is 3.36. The van der Waals surface area contributed by atoms with Gasteiger partial charge in [0.05, 0.1) is 13.5 Å². The van der Waals surface area contributed by atoms with Gasteiger partial charge in [-0.1, -0.05) is 13.8 Å². The van der Waals surface area contributed by atoms with Crippen molar-refractivity contribution in [1.82, 2.24) is 0 Å². The number of thioether (sulfide) groups is 2. The molecule has 0 radical (unpaired) electrons. The van der Waals surface area contributed by atoms with E-state index in [0.717, 1.165) is 5.75 Å². The second kappa shape index (κ2) is 8.75. The van der Waals surface area contributed by atoms with E-state index >= 15 is 0 Å². The Labute approximate surface area is 89.2 Å². The van der Waals surface area contributed by atoms with Crippen LogP contribution >= 0.6 is 23.5 Å². The first-order chi connectivity index (χ1) is 6.20. The fourth-order valence-corrected chi connectivity index (χ4v) is 2.63. The average molecular weight is 222 g/mol. The monoisotopic (exact) mass is 222 g/mol. The number of esters is 1. The molecule has 1 unspecified atom stereocenters. The first-order valence-electron chi connectivity index (χ1n) is 4.46. The van der Waals surface area contributed by atoms with Gasteiger partial charge in [-0.15, -0.1) is 0 Å². The number of carbonyl (C=O) groups excluding carboxylic acids is 1. The molecule has 0 rings (SSSR count). The first-order valence-corrected chi connectivity index (χ1v) is 6.67. The topological polar surface area (TPSA) is 26.3 Å². The van der Waals surface area contributed by atoms with Crippen molar-refractivity contribution in [2.45, 2.75) is 25.5 Å². The molecule has 0 N–H and O–H groups in total. The zero-order valence-corrected chi connectivity index (χ0v) is 10.2. The van der Waals surface area contributed by atoms with Crippen LogP contribution in [0.15, 0.2) is 0 Å². The highest BCUT2D eigenvalue weighted by Gasteiger charge is 2.08. The van der Waals surface area contributed by atoms with Crippen LogP contribution < -0.4 is 0 Å². The van der Waals surface area contributed by atoms with Gasteiger partial charge in [0, 0.05) is 16.8 Å². The molecule has 1 atom stereocenters. The Morgan fingerprint density at radius 3 is 2.69 bits per heavy atom. The molecule has 0 spiro atoms. The predicted molar refractivity (Wildman–Crippen MR) is 61.6 cm³/mol. The van der Waals surface area contributed by atoms with Gasteiger partial charge in [-0.2, -0.15) is 23.5 Å². The zero-order valence-electron chi connectivity index (χ0n) is 8.54. The average Bonchev–Trinajstić information content (AvgIpc) is 2.12. The maximum absolute atomic E-state index is 10.9. The van der Waals surface area contributed by atoms with E-state index in [0.29, 0.717) is 11.7 Å². The van der Waals surface area contributed by atoms with Gasteiger partial charge in [0.15, 0.2) is 0 Å².